The predicted octanol–water partition coefficient (Wildman–Crippen LogP) is 3.44. The molecule has 0 aliphatic rings. The summed E-state index contributed by atoms with van der Waals surface area (Å²) in [5.74, 6) is 0.370. The number of carbonyl (C=O) groups excluding carboxylic acids is 1. The highest BCUT2D eigenvalue weighted by molar-refractivity contribution is 7.10. The first-order valence-electron chi connectivity index (χ1n) is 8.04. The van der Waals surface area contributed by atoms with E-state index in [1.165, 1.54) is 0 Å². The summed E-state index contributed by atoms with van der Waals surface area (Å²) in [7, 11) is 0. The summed E-state index contributed by atoms with van der Waals surface area (Å²) in [6.45, 7) is 4.14. The van der Waals surface area contributed by atoms with Crippen molar-refractivity contribution in [1.82, 2.24) is 14.9 Å². The molecule has 128 valence electrons. The Morgan fingerprint density at radius 1 is 1.28 bits per heavy atom. The Kier molecular flexibility index (Phi) is 5.09. The number of thiophene rings is 1. The topological polar surface area (TPSA) is 66.1 Å². The minimum absolute atomic E-state index is 0.0164. The highest BCUT2D eigenvalue weighted by Gasteiger charge is 2.17. The number of rotatable bonds is 5. The van der Waals surface area contributed by atoms with Crippen molar-refractivity contribution >= 4 is 34.2 Å². The molecule has 2 heterocycles. The number of para-hydroxylation sites is 1. The van der Waals surface area contributed by atoms with Gasteiger partial charge in [-0.25, -0.2) is 4.98 Å². The van der Waals surface area contributed by atoms with E-state index in [0.717, 1.165) is 4.88 Å². The van der Waals surface area contributed by atoms with Crippen LogP contribution in [0.4, 0.5) is 0 Å². The summed E-state index contributed by atoms with van der Waals surface area (Å²) in [6.07, 6.45) is 3.37. The van der Waals surface area contributed by atoms with Crippen molar-refractivity contribution in [1.29, 1.82) is 0 Å². The molecule has 1 aromatic carbocycles. The fraction of sp³-hybridized carbons (Fsp3) is 0.211. The van der Waals surface area contributed by atoms with Crippen LogP contribution in [0, 0.1) is 0 Å². The number of benzene rings is 1. The molecular formula is C19H19N3O2S. The van der Waals surface area contributed by atoms with Gasteiger partial charge in [0.1, 0.15) is 5.82 Å². The van der Waals surface area contributed by atoms with Crippen LogP contribution in [0.3, 0.4) is 0 Å². The average Bonchev–Trinajstić information content (AvgIpc) is 3.11. The lowest BCUT2D eigenvalue weighted by atomic mass is 10.2. The smallest absolute Gasteiger partial charge is 0.258 e. The van der Waals surface area contributed by atoms with Crippen molar-refractivity contribution in [2.24, 2.45) is 0 Å². The minimum atomic E-state index is -0.189. The van der Waals surface area contributed by atoms with Crippen molar-refractivity contribution in [2.75, 3.05) is 0 Å². The van der Waals surface area contributed by atoms with E-state index in [2.05, 4.69) is 9.97 Å². The maximum atomic E-state index is 12.6. The number of nitrogens with one attached hydrogen (secondary N) is 1. The van der Waals surface area contributed by atoms with Crippen molar-refractivity contribution in [3.63, 3.8) is 0 Å². The van der Waals surface area contributed by atoms with Gasteiger partial charge >= 0.3 is 0 Å². The lowest BCUT2D eigenvalue weighted by molar-refractivity contribution is -0.128. The lowest BCUT2D eigenvalue weighted by Gasteiger charge is -2.25. The second kappa shape index (κ2) is 7.44. The van der Waals surface area contributed by atoms with E-state index in [1.54, 1.807) is 46.6 Å². The Bertz CT molecular complexity index is 958. The quantitative estimate of drug-likeness (QED) is 0.715. The van der Waals surface area contributed by atoms with Gasteiger partial charge in [0.15, 0.2) is 0 Å². The Morgan fingerprint density at radius 3 is 2.80 bits per heavy atom. The van der Waals surface area contributed by atoms with Crippen LogP contribution in [0.15, 0.2) is 52.6 Å². The fourth-order valence-corrected chi connectivity index (χ4v) is 3.14. The number of hydrogen-bond acceptors (Lipinski definition) is 4. The molecule has 6 heteroatoms. The van der Waals surface area contributed by atoms with E-state index in [-0.39, 0.29) is 24.1 Å². The largest absolute Gasteiger partial charge is 0.329 e. The van der Waals surface area contributed by atoms with Crippen LogP contribution in [0.25, 0.3) is 17.0 Å². The van der Waals surface area contributed by atoms with Crippen molar-refractivity contribution in [3.05, 3.63) is 68.9 Å². The zero-order valence-corrected chi connectivity index (χ0v) is 14.9. The Morgan fingerprint density at radius 2 is 2.08 bits per heavy atom. The normalized spacial score (nSPS) is 11.5. The SMILES string of the molecule is CC(C)N(Cc1nc2ccccc2c(=O)[nH]1)C(=O)/C=C\c1cccs1. The third-order valence-electron chi connectivity index (χ3n) is 3.82. The van der Waals surface area contributed by atoms with E-state index < -0.39 is 0 Å². The van der Waals surface area contributed by atoms with Crippen LogP contribution < -0.4 is 5.56 Å². The van der Waals surface area contributed by atoms with Crippen LogP contribution in [0.2, 0.25) is 0 Å². The van der Waals surface area contributed by atoms with E-state index in [4.69, 9.17) is 0 Å². The summed E-state index contributed by atoms with van der Waals surface area (Å²) < 4.78 is 0. The maximum Gasteiger partial charge on any atom is 0.258 e. The second-order valence-electron chi connectivity index (χ2n) is 5.94. The molecule has 0 spiro atoms. The molecule has 1 amide bonds. The third kappa shape index (κ3) is 4.03. The van der Waals surface area contributed by atoms with Gasteiger partial charge in [-0.15, -0.1) is 11.3 Å². The molecule has 25 heavy (non-hydrogen) atoms. The highest BCUT2D eigenvalue weighted by atomic mass is 32.1. The van der Waals surface area contributed by atoms with Gasteiger partial charge in [0.2, 0.25) is 5.91 Å². The number of H-pyrrole nitrogens is 1. The number of hydrogen-bond donors (Lipinski definition) is 1. The Labute approximate surface area is 149 Å². The Hall–Kier alpha value is -2.73. The molecule has 0 saturated heterocycles. The van der Waals surface area contributed by atoms with Gasteiger partial charge in [-0.1, -0.05) is 18.2 Å². The Balaban J connectivity index is 1.84. The van der Waals surface area contributed by atoms with Crippen molar-refractivity contribution in [3.8, 4) is 0 Å². The van der Waals surface area contributed by atoms with Gasteiger partial charge in [-0.05, 0) is 43.5 Å². The van der Waals surface area contributed by atoms with E-state index >= 15 is 0 Å². The number of carbonyl (C=O) groups is 1. The van der Waals surface area contributed by atoms with Crippen LogP contribution in [0.1, 0.15) is 24.5 Å². The highest BCUT2D eigenvalue weighted by Crippen LogP contribution is 2.13. The van der Waals surface area contributed by atoms with Crippen LogP contribution in [0.5, 0.6) is 0 Å². The molecule has 0 radical (unpaired) electrons. The lowest BCUT2D eigenvalue weighted by Crippen LogP contribution is -2.36. The number of nitrogens with zero attached hydrogens (tertiary/aromatic N) is 2. The number of aromatic amines is 1. The predicted molar refractivity (Wildman–Crippen MR) is 101 cm³/mol. The molecule has 0 aliphatic carbocycles. The van der Waals surface area contributed by atoms with Gasteiger partial charge < -0.3 is 9.88 Å². The standard InChI is InChI=1S/C19H19N3O2S/c1-13(2)22(18(23)10-9-14-6-5-11-25-14)12-17-20-16-8-4-3-7-15(16)19(24)21-17/h3-11,13H,12H2,1-2H3,(H,20,21,24)/b10-9-. The number of aromatic nitrogens is 2. The van der Waals surface area contributed by atoms with Crippen LogP contribution in [-0.2, 0) is 11.3 Å². The monoisotopic (exact) mass is 353 g/mol. The molecule has 2 aromatic heterocycles. The van der Waals surface area contributed by atoms with Gasteiger partial charge in [0.25, 0.3) is 5.56 Å². The van der Waals surface area contributed by atoms with E-state index in [9.17, 15) is 9.59 Å². The molecular weight excluding hydrogens is 334 g/mol. The fourth-order valence-electron chi connectivity index (χ4n) is 2.52. The zero-order valence-electron chi connectivity index (χ0n) is 14.1. The zero-order chi connectivity index (χ0) is 17.8. The van der Waals surface area contributed by atoms with Gasteiger partial charge in [0.05, 0.1) is 17.4 Å². The number of amides is 1. The second-order valence-corrected chi connectivity index (χ2v) is 6.92. The van der Waals surface area contributed by atoms with Gasteiger partial charge in [0, 0.05) is 17.0 Å². The molecule has 3 aromatic rings. The van der Waals surface area contributed by atoms with E-state index in [0.29, 0.717) is 16.7 Å². The molecule has 0 fully saturated rings. The summed E-state index contributed by atoms with van der Waals surface area (Å²) in [5.41, 5.74) is 0.442. The molecule has 0 unspecified atom stereocenters. The van der Waals surface area contributed by atoms with Crippen LogP contribution in [-0.4, -0.2) is 26.8 Å². The molecule has 0 aliphatic heterocycles. The summed E-state index contributed by atoms with van der Waals surface area (Å²) in [5, 5.41) is 2.51. The molecule has 1 N–H and O–H groups in total. The summed E-state index contributed by atoms with van der Waals surface area (Å²) in [6, 6.07) is 11.1. The summed E-state index contributed by atoms with van der Waals surface area (Å²) in [4.78, 5) is 34.7. The average molecular weight is 353 g/mol. The van der Waals surface area contributed by atoms with Gasteiger partial charge in [-0.3, -0.25) is 9.59 Å². The summed E-state index contributed by atoms with van der Waals surface area (Å²) >= 11 is 1.57. The maximum absolute atomic E-state index is 12.6. The molecule has 0 saturated carbocycles. The van der Waals surface area contributed by atoms with Crippen molar-refractivity contribution < 1.29 is 4.79 Å². The molecule has 0 atom stereocenters. The first kappa shape index (κ1) is 17.1. The van der Waals surface area contributed by atoms with Crippen molar-refractivity contribution in [2.45, 2.75) is 26.4 Å². The van der Waals surface area contributed by atoms with E-state index in [1.807, 2.05) is 37.4 Å². The molecule has 3 rings (SSSR count). The first-order chi connectivity index (χ1) is 12.0. The molecule has 0 bridgehead atoms. The van der Waals surface area contributed by atoms with Crippen LogP contribution >= 0.6 is 11.3 Å². The number of fused-ring (bicyclic) bond motifs is 1. The van der Waals surface area contributed by atoms with Gasteiger partial charge in [-0.2, -0.15) is 0 Å². The molecule has 5 nitrogen and oxygen atoms in total. The minimum Gasteiger partial charge on any atom is -0.329 e. The third-order valence-corrected chi connectivity index (χ3v) is 4.66. The first-order valence-corrected chi connectivity index (χ1v) is 8.92.